The van der Waals surface area contributed by atoms with Crippen molar-refractivity contribution < 1.29 is 19.4 Å². The van der Waals surface area contributed by atoms with Gasteiger partial charge in [-0.3, -0.25) is 9.58 Å². The summed E-state index contributed by atoms with van der Waals surface area (Å²) in [4.78, 5) is 24.6. The van der Waals surface area contributed by atoms with Gasteiger partial charge in [0, 0.05) is 0 Å². The second-order valence-corrected chi connectivity index (χ2v) is 5.97. The van der Waals surface area contributed by atoms with Crippen molar-refractivity contribution in [1.82, 2.24) is 14.7 Å². The largest absolute Gasteiger partial charge is 0.476 e. The van der Waals surface area contributed by atoms with Crippen molar-refractivity contribution >= 4 is 12.1 Å². The normalized spacial score (nSPS) is 18.6. The van der Waals surface area contributed by atoms with Crippen molar-refractivity contribution in [3.63, 3.8) is 0 Å². The van der Waals surface area contributed by atoms with Crippen LogP contribution in [0.1, 0.15) is 43.9 Å². The van der Waals surface area contributed by atoms with E-state index in [9.17, 15) is 9.59 Å². The average molecular weight is 281 g/mol. The Kier molecular flexibility index (Phi) is 3.45. The Morgan fingerprint density at radius 2 is 2.10 bits per heavy atom. The maximum Gasteiger partial charge on any atom is 0.410 e. The molecule has 1 amide bonds. The van der Waals surface area contributed by atoms with Crippen LogP contribution in [0.2, 0.25) is 0 Å². The van der Waals surface area contributed by atoms with Gasteiger partial charge in [0.05, 0.1) is 24.8 Å². The lowest BCUT2D eigenvalue weighted by Crippen LogP contribution is -2.46. The van der Waals surface area contributed by atoms with E-state index in [2.05, 4.69) is 5.10 Å². The molecule has 0 saturated heterocycles. The second kappa shape index (κ2) is 4.81. The standard InChI is InChI=1S/C13H19N3O4/c1-8-6-16-9(5-10(14-16)11(17)18)7-15(8)12(19)20-13(2,3)4/h5,8H,6-7H2,1-4H3,(H,17,18). The molecule has 7 heteroatoms. The van der Waals surface area contributed by atoms with Gasteiger partial charge in [0.25, 0.3) is 0 Å². The number of carbonyl (C=O) groups is 2. The number of fused-ring (bicyclic) bond motifs is 1. The van der Waals surface area contributed by atoms with Crippen LogP contribution in [-0.4, -0.2) is 43.5 Å². The first-order chi connectivity index (χ1) is 9.17. The van der Waals surface area contributed by atoms with Crippen LogP contribution in [0.4, 0.5) is 4.79 Å². The molecule has 0 aliphatic carbocycles. The Hall–Kier alpha value is -2.05. The Morgan fingerprint density at radius 3 is 2.65 bits per heavy atom. The molecule has 110 valence electrons. The van der Waals surface area contributed by atoms with E-state index in [4.69, 9.17) is 9.84 Å². The van der Waals surface area contributed by atoms with E-state index in [1.807, 2.05) is 27.7 Å². The van der Waals surface area contributed by atoms with Crippen molar-refractivity contribution in [2.24, 2.45) is 0 Å². The topological polar surface area (TPSA) is 84.7 Å². The van der Waals surface area contributed by atoms with Gasteiger partial charge >= 0.3 is 12.1 Å². The Morgan fingerprint density at radius 1 is 1.45 bits per heavy atom. The summed E-state index contributed by atoms with van der Waals surface area (Å²) in [6.45, 7) is 8.08. The number of aromatic carboxylic acids is 1. The third-order valence-corrected chi connectivity index (χ3v) is 3.01. The third kappa shape index (κ3) is 2.92. The molecule has 0 spiro atoms. The summed E-state index contributed by atoms with van der Waals surface area (Å²) in [6.07, 6.45) is -0.394. The lowest BCUT2D eigenvalue weighted by atomic mass is 10.2. The van der Waals surface area contributed by atoms with Crippen LogP contribution in [-0.2, 0) is 17.8 Å². The first-order valence-electron chi connectivity index (χ1n) is 6.47. The van der Waals surface area contributed by atoms with Crippen molar-refractivity contribution in [2.45, 2.75) is 52.4 Å². The van der Waals surface area contributed by atoms with Crippen molar-refractivity contribution in [3.05, 3.63) is 17.5 Å². The van der Waals surface area contributed by atoms with E-state index in [1.165, 1.54) is 6.07 Å². The highest BCUT2D eigenvalue weighted by atomic mass is 16.6. The number of hydrogen-bond donors (Lipinski definition) is 1. The fourth-order valence-corrected chi connectivity index (χ4v) is 2.09. The van der Waals surface area contributed by atoms with Crippen LogP contribution in [0.15, 0.2) is 6.07 Å². The van der Waals surface area contributed by atoms with Gasteiger partial charge in [0.15, 0.2) is 5.69 Å². The minimum atomic E-state index is -1.07. The summed E-state index contributed by atoms with van der Waals surface area (Å²) in [7, 11) is 0. The summed E-state index contributed by atoms with van der Waals surface area (Å²) in [5, 5.41) is 13.0. The minimum absolute atomic E-state index is 0.00163. The van der Waals surface area contributed by atoms with E-state index in [0.29, 0.717) is 18.8 Å². The van der Waals surface area contributed by atoms with Crippen molar-refractivity contribution in [1.29, 1.82) is 0 Å². The number of carboxylic acid groups (broad SMARTS) is 1. The average Bonchev–Trinajstić information content (AvgIpc) is 2.68. The van der Waals surface area contributed by atoms with E-state index in [-0.39, 0.29) is 11.7 Å². The SMILES string of the molecule is CC1Cn2nc(C(=O)O)cc2CN1C(=O)OC(C)(C)C. The molecule has 2 rings (SSSR count). The molecule has 1 aromatic rings. The van der Waals surface area contributed by atoms with Gasteiger partial charge in [-0.05, 0) is 33.8 Å². The quantitative estimate of drug-likeness (QED) is 0.847. The number of aromatic nitrogens is 2. The smallest absolute Gasteiger partial charge is 0.410 e. The van der Waals surface area contributed by atoms with Crippen LogP contribution in [0, 0.1) is 0 Å². The molecule has 0 fully saturated rings. The van der Waals surface area contributed by atoms with Crippen LogP contribution in [0.3, 0.4) is 0 Å². The molecule has 0 bridgehead atoms. The van der Waals surface area contributed by atoms with Gasteiger partial charge in [-0.1, -0.05) is 0 Å². The van der Waals surface area contributed by atoms with E-state index in [1.54, 1.807) is 9.58 Å². The van der Waals surface area contributed by atoms with E-state index in [0.717, 1.165) is 0 Å². The number of carbonyl (C=O) groups excluding carboxylic acids is 1. The number of carboxylic acids is 1. The molecule has 1 unspecified atom stereocenters. The zero-order valence-electron chi connectivity index (χ0n) is 12.1. The molecule has 1 aromatic heterocycles. The fourth-order valence-electron chi connectivity index (χ4n) is 2.09. The molecule has 20 heavy (non-hydrogen) atoms. The summed E-state index contributed by atoms with van der Waals surface area (Å²) in [5.74, 6) is -1.07. The molecule has 1 aliphatic rings. The van der Waals surface area contributed by atoms with Crippen LogP contribution < -0.4 is 0 Å². The zero-order valence-corrected chi connectivity index (χ0v) is 12.1. The number of amides is 1. The first-order valence-corrected chi connectivity index (χ1v) is 6.47. The summed E-state index contributed by atoms with van der Waals surface area (Å²) >= 11 is 0. The first kappa shape index (κ1) is 14.4. The molecule has 1 aliphatic heterocycles. The molecule has 1 N–H and O–H groups in total. The molecular weight excluding hydrogens is 262 g/mol. The maximum atomic E-state index is 12.1. The molecule has 2 heterocycles. The van der Waals surface area contributed by atoms with E-state index >= 15 is 0 Å². The number of nitrogens with zero attached hydrogens (tertiary/aromatic N) is 3. The summed E-state index contributed by atoms with van der Waals surface area (Å²) < 4.78 is 6.99. The monoisotopic (exact) mass is 281 g/mol. The molecule has 0 aromatic carbocycles. The predicted molar refractivity (Wildman–Crippen MR) is 70.4 cm³/mol. The van der Waals surface area contributed by atoms with Crippen molar-refractivity contribution in [3.8, 4) is 0 Å². The lowest BCUT2D eigenvalue weighted by molar-refractivity contribution is 0.00901. The highest BCUT2D eigenvalue weighted by Gasteiger charge is 2.31. The van der Waals surface area contributed by atoms with Crippen LogP contribution >= 0.6 is 0 Å². The van der Waals surface area contributed by atoms with Gasteiger partial charge < -0.3 is 9.84 Å². The molecule has 1 atom stereocenters. The fraction of sp³-hybridized carbons (Fsp3) is 0.615. The van der Waals surface area contributed by atoms with Crippen LogP contribution in [0.25, 0.3) is 0 Å². The summed E-state index contributed by atoms with van der Waals surface area (Å²) in [5.41, 5.74) is 0.144. The zero-order chi connectivity index (χ0) is 15.1. The summed E-state index contributed by atoms with van der Waals surface area (Å²) in [6, 6.07) is 1.39. The molecule has 7 nitrogen and oxygen atoms in total. The van der Waals surface area contributed by atoms with E-state index < -0.39 is 17.7 Å². The van der Waals surface area contributed by atoms with Gasteiger partial charge in [0.1, 0.15) is 5.60 Å². The molecule has 0 saturated carbocycles. The maximum absolute atomic E-state index is 12.1. The Balaban J connectivity index is 2.18. The highest BCUT2D eigenvalue weighted by molar-refractivity contribution is 5.85. The van der Waals surface area contributed by atoms with Gasteiger partial charge in [-0.2, -0.15) is 5.10 Å². The predicted octanol–water partition coefficient (Wildman–Crippen LogP) is 1.72. The van der Waals surface area contributed by atoms with Crippen LogP contribution in [0.5, 0.6) is 0 Å². The van der Waals surface area contributed by atoms with Gasteiger partial charge in [0.2, 0.25) is 0 Å². The number of hydrogen-bond acceptors (Lipinski definition) is 4. The number of rotatable bonds is 1. The van der Waals surface area contributed by atoms with Gasteiger partial charge in [-0.15, -0.1) is 0 Å². The second-order valence-electron chi connectivity index (χ2n) is 5.97. The van der Waals surface area contributed by atoms with Crippen molar-refractivity contribution in [2.75, 3.05) is 0 Å². The highest BCUT2D eigenvalue weighted by Crippen LogP contribution is 2.21. The molecular formula is C13H19N3O4. The lowest BCUT2D eigenvalue weighted by Gasteiger charge is -2.35. The minimum Gasteiger partial charge on any atom is -0.476 e. The Bertz CT molecular complexity index is 544. The number of ether oxygens (including phenoxy) is 1. The Labute approximate surface area is 117 Å². The molecule has 0 radical (unpaired) electrons. The third-order valence-electron chi connectivity index (χ3n) is 3.01. The van der Waals surface area contributed by atoms with Gasteiger partial charge in [-0.25, -0.2) is 9.59 Å².